The fourth-order valence-electron chi connectivity index (χ4n) is 2.85. The highest BCUT2D eigenvalue weighted by Gasteiger charge is 2.37. The van der Waals surface area contributed by atoms with E-state index < -0.39 is 25.1 Å². The zero-order chi connectivity index (χ0) is 15.1. The van der Waals surface area contributed by atoms with Crippen LogP contribution in [0, 0.1) is 0 Å². The number of benzene rings is 1. The highest BCUT2D eigenvalue weighted by Crippen LogP contribution is 2.26. The molecule has 1 aromatic carbocycles. The summed E-state index contributed by atoms with van der Waals surface area (Å²) in [6, 6.07) is 5.55. The Balaban J connectivity index is 1.87. The average Bonchev–Trinajstić information content (AvgIpc) is 2.80. The maximum absolute atomic E-state index is 12.4. The lowest BCUT2D eigenvalue weighted by molar-refractivity contribution is 0.587. The zero-order valence-corrected chi connectivity index (χ0v) is 13.1. The number of anilines is 1. The number of sulfone groups is 1. The summed E-state index contributed by atoms with van der Waals surface area (Å²) >= 11 is 0. The first kappa shape index (κ1) is 14.8. The Morgan fingerprint density at radius 3 is 2.81 bits per heavy atom. The Kier molecular flexibility index (Phi) is 3.71. The van der Waals surface area contributed by atoms with Crippen LogP contribution in [0.3, 0.4) is 0 Å². The van der Waals surface area contributed by atoms with Gasteiger partial charge >= 0.3 is 0 Å². The molecule has 2 N–H and O–H groups in total. The van der Waals surface area contributed by atoms with Crippen molar-refractivity contribution in [1.29, 1.82) is 0 Å². The van der Waals surface area contributed by atoms with Gasteiger partial charge in [-0.3, -0.25) is 4.72 Å². The first-order chi connectivity index (χ1) is 9.87. The normalized spacial score (nSPS) is 24.5. The fourth-order valence-corrected chi connectivity index (χ4v) is 6.98. The van der Waals surface area contributed by atoms with Gasteiger partial charge in [-0.2, -0.15) is 0 Å². The monoisotopic (exact) mass is 330 g/mol. The van der Waals surface area contributed by atoms with E-state index in [4.69, 9.17) is 0 Å². The predicted octanol–water partition coefficient (Wildman–Crippen LogP) is 0.261. The van der Waals surface area contributed by atoms with Gasteiger partial charge < -0.3 is 5.32 Å². The topological polar surface area (TPSA) is 92.3 Å². The third-order valence-electron chi connectivity index (χ3n) is 4.03. The number of fused-ring (bicyclic) bond motifs is 1. The van der Waals surface area contributed by atoms with Crippen molar-refractivity contribution >= 4 is 25.5 Å². The van der Waals surface area contributed by atoms with E-state index in [0.29, 0.717) is 12.2 Å². The number of sulfonamides is 1. The van der Waals surface area contributed by atoms with Crippen LogP contribution in [0.1, 0.15) is 17.5 Å². The van der Waals surface area contributed by atoms with Gasteiger partial charge in [0.15, 0.2) is 9.84 Å². The molecule has 3 rings (SSSR count). The molecule has 1 atom stereocenters. The molecule has 1 fully saturated rings. The minimum atomic E-state index is -3.67. The van der Waals surface area contributed by atoms with Crippen LogP contribution in [-0.4, -0.2) is 40.1 Å². The van der Waals surface area contributed by atoms with Gasteiger partial charge in [0.25, 0.3) is 0 Å². The number of nitrogens with one attached hydrogen (secondary N) is 2. The molecular weight excluding hydrogens is 312 g/mol. The summed E-state index contributed by atoms with van der Waals surface area (Å²) in [7, 11) is -6.89. The third kappa shape index (κ3) is 3.07. The molecular formula is C13H18N2O4S2. The van der Waals surface area contributed by atoms with Crippen molar-refractivity contribution in [2.75, 3.05) is 22.8 Å². The molecule has 0 saturated carbocycles. The van der Waals surface area contributed by atoms with Gasteiger partial charge in [0.1, 0.15) is 0 Å². The molecule has 0 aromatic heterocycles. The van der Waals surface area contributed by atoms with Crippen molar-refractivity contribution in [2.24, 2.45) is 0 Å². The second-order valence-electron chi connectivity index (χ2n) is 5.54. The van der Waals surface area contributed by atoms with Crippen LogP contribution in [0.5, 0.6) is 0 Å². The highest BCUT2D eigenvalue weighted by molar-refractivity contribution is 7.97. The average molecular weight is 330 g/mol. The molecule has 1 saturated heterocycles. The van der Waals surface area contributed by atoms with E-state index in [1.165, 1.54) is 0 Å². The van der Waals surface area contributed by atoms with Crippen LogP contribution < -0.4 is 10.0 Å². The van der Waals surface area contributed by atoms with Crippen molar-refractivity contribution in [3.63, 3.8) is 0 Å². The Morgan fingerprint density at radius 1 is 1.29 bits per heavy atom. The third-order valence-corrected chi connectivity index (χ3v) is 7.79. The van der Waals surface area contributed by atoms with E-state index in [1.807, 2.05) is 12.1 Å². The minimum absolute atomic E-state index is 0.0486. The smallest absolute Gasteiger partial charge is 0.236 e. The van der Waals surface area contributed by atoms with Crippen LogP contribution in [0.15, 0.2) is 18.2 Å². The predicted molar refractivity (Wildman–Crippen MR) is 81.5 cm³/mol. The molecule has 116 valence electrons. The number of hydrogen-bond acceptors (Lipinski definition) is 5. The second-order valence-corrected chi connectivity index (χ2v) is 9.73. The summed E-state index contributed by atoms with van der Waals surface area (Å²) in [5.74, 6) is -0.331. The largest absolute Gasteiger partial charge is 0.312 e. The SMILES string of the molecule is O=S1(=O)CCC(S(=O)(=O)Nc2cccc3c2CNCC3)C1. The van der Waals surface area contributed by atoms with Crippen molar-refractivity contribution in [3.8, 4) is 0 Å². The van der Waals surface area contributed by atoms with Crippen molar-refractivity contribution < 1.29 is 16.8 Å². The Morgan fingerprint density at radius 2 is 2.10 bits per heavy atom. The summed E-state index contributed by atoms with van der Waals surface area (Å²) in [5.41, 5.74) is 2.64. The maximum Gasteiger partial charge on any atom is 0.236 e. The summed E-state index contributed by atoms with van der Waals surface area (Å²) in [4.78, 5) is 0. The molecule has 2 heterocycles. The highest BCUT2D eigenvalue weighted by atomic mass is 32.2. The van der Waals surface area contributed by atoms with E-state index in [0.717, 1.165) is 24.1 Å². The Bertz CT molecular complexity index is 756. The molecule has 0 spiro atoms. The zero-order valence-electron chi connectivity index (χ0n) is 11.5. The van der Waals surface area contributed by atoms with E-state index in [2.05, 4.69) is 10.0 Å². The van der Waals surface area contributed by atoms with Gasteiger partial charge in [0, 0.05) is 6.54 Å². The molecule has 0 amide bonds. The molecule has 1 aromatic rings. The first-order valence-corrected chi connectivity index (χ1v) is 10.3. The first-order valence-electron chi connectivity index (χ1n) is 6.91. The molecule has 0 radical (unpaired) electrons. The quantitative estimate of drug-likeness (QED) is 0.829. The Hall–Kier alpha value is -1.12. The van der Waals surface area contributed by atoms with Gasteiger partial charge in [-0.05, 0) is 36.6 Å². The molecule has 0 aliphatic carbocycles. The molecule has 0 bridgehead atoms. The van der Waals surface area contributed by atoms with Crippen molar-refractivity contribution in [2.45, 2.75) is 24.6 Å². The second kappa shape index (κ2) is 5.26. The van der Waals surface area contributed by atoms with E-state index >= 15 is 0 Å². The van der Waals surface area contributed by atoms with Crippen molar-refractivity contribution in [1.82, 2.24) is 5.32 Å². The standard InChI is InChI=1S/C13H18N2O4S2/c16-20(17)7-5-11(9-20)21(18,19)15-13-3-1-2-10-4-6-14-8-12(10)13/h1-3,11,14-15H,4-9H2. The van der Waals surface area contributed by atoms with Gasteiger partial charge in [-0.15, -0.1) is 0 Å². The van der Waals surface area contributed by atoms with Gasteiger partial charge in [-0.1, -0.05) is 12.1 Å². The minimum Gasteiger partial charge on any atom is -0.312 e. The molecule has 2 aliphatic heterocycles. The molecule has 8 heteroatoms. The molecule has 2 aliphatic rings. The summed E-state index contributed by atoms with van der Waals surface area (Å²) < 4.78 is 50.3. The van der Waals surface area contributed by atoms with Crippen LogP contribution in [0.2, 0.25) is 0 Å². The van der Waals surface area contributed by atoms with Crippen LogP contribution >= 0.6 is 0 Å². The van der Waals surface area contributed by atoms with E-state index in [9.17, 15) is 16.8 Å². The lowest BCUT2D eigenvalue weighted by atomic mass is 10.00. The molecule has 6 nitrogen and oxygen atoms in total. The molecule has 1 unspecified atom stereocenters. The number of rotatable bonds is 3. The van der Waals surface area contributed by atoms with Crippen LogP contribution in [0.4, 0.5) is 5.69 Å². The molecule has 21 heavy (non-hydrogen) atoms. The summed E-state index contributed by atoms with van der Waals surface area (Å²) in [6.45, 7) is 1.50. The maximum atomic E-state index is 12.4. The van der Waals surface area contributed by atoms with Gasteiger partial charge in [0.2, 0.25) is 10.0 Å². The van der Waals surface area contributed by atoms with Crippen LogP contribution in [0.25, 0.3) is 0 Å². The van der Waals surface area contributed by atoms with Gasteiger partial charge in [-0.25, -0.2) is 16.8 Å². The number of hydrogen-bond donors (Lipinski definition) is 2. The fraction of sp³-hybridized carbons (Fsp3) is 0.538. The van der Waals surface area contributed by atoms with Gasteiger partial charge in [0.05, 0.1) is 22.4 Å². The lowest BCUT2D eigenvalue weighted by Crippen LogP contribution is -2.31. The van der Waals surface area contributed by atoms with E-state index in [-0.39, 0.29) is 17.9 Å². The Labute approximate surface area is 124 Å². The summed E-state index contributed by atoms with van der Waals surface area (Å²) in [6.07, 6.45) is 1.04. The van der Waals surface area contributed by atoms with E-state index in [1.54, 1.807) is 6.07 Å². The summed E-state index contributed by atoms with van der Waals surface area (Å²) in [5, 5.41) is 2.37. The van der Waals surface area contributed by atoms with Crippen molar-refractivity contribution in [3.05, 3.63) is 29.3 Å². The van der Waals surface area contributed by atoms with Crippen LogP contribution in [-0.2, 0) is 32.8 Å². The lowest BCUT2D eigenvalue weighted by Gasteiger charge is -2.22.